The molecule has 14 N–H and O–H groups in total. The van der Waals surface area contributed by atoms with E-state index in [1.54, 1.807) is 0 Å². The van der Waals surface area contributed by atoms with Crippen molar-refractivity contribution >= 4 is 5.91 Å². The van der Waals surface area contributed by atoms with Gasteiger partial charge in [0.15, 0.2) is 12.6 Å². The van der Waals surface area contributed by atoms with Crippen LogP contribution in [0.1, 0.15) is 25.7 Å². The van der Waals surface area contributed by atoms with Crippen molar-refractivity contribution in [3.63, 3.8) is 0 Å². The van der Waals surface area contributed by atoms with Crippen molar-refractivity contribution in [2.45, 2.75) is 105 Å². The predicted molar refractivity (Wildman–Crippen MR) is 123 cm³/mol. The van der Waals surface area contributed by atoms with Gasteiger partial charge in [-0.05, 0) is 25.8 Å². The average molecular weight is 524 g/mol. The second kappa shape index (κ2) is 13.1. The molecule has 1 saturated carbocycles. The lowest BCUT2D eigenvalue weighted by atomic mass is 9.83. The van der Waals surface area contributed by atoms with Gasteiger partial charge in [0.1, 0.15) is 30.5 Å². The number of amides is 1. The Hall–Kier alpha value is -1.05. The SMILES string of the molecule is NCC[C@H](O)C(=O)N[C@@H]1C[C@H](N)[C@@H](O[C@H]2O[C@H](CN)[C@H](O)C[C@H]2N)[C@H](O[C@@H]2O[C@H](CO)C[C@H]2O)[C@H]1O. The maximum absolute atomic E-state index is 12.4. The van der Waals surface area contributed by atoms with E-state index in [4.69, 9.17) is 41.9 Å². The third-order valence-electron chi connectivity index (χ3n) is 6.86. The Morgan fingerprint density at radius 1 is 0.972 bits per heavy atom. The molecule has 15 heteroatoms. The molecule has 0 aromatic carbocycles. The maximum Gasteiger partial charge on any atom is 0.249 e. The fourth-order valence-electron chi connectivity index (χ4n) is 4.80. The van der Waals surface area contributed by atoms with Crippen molar-refractivity contribution in [3.05, 3.63) is 0 Å². The van der Waals surface area contributed by atoms with E-state index in [2.05, 4.69) is 5.32 Å². The molecular weight excluding hydrogens is 482 g/mol. The van der Waals surface area contributed by atoms with Gasteiger partial charge >= 0.3 is 0 Å². The molecular formula is C21H41N5O10. The first-order valence-electron chi connectivity index (χ1n) is 12.3. The molecule has 2 saturated heterocycles. The van der Waals surface area contributed by atoms with Gasteiger partial charge < -0.3 is 72.7 Å². The molecule has 3 aliphatic rings. The monoisotopic (exact) mass is 523 g/mol. The van der Waals surface area contributed by atoms with Crippen LogP contribution in [0, 0.1) is 0 Å². The summed E-state index contributed by atoms with van der Waals surface area (Å²) in [6, 6.07) is -2.48. The smallest absolute Gasteiger partial charge is 0.249 e. The Labute approximate surface area is 209 Å². The molecule has 0 bridgehead atoms. The molecule has 36 heavy (non-hydrogen) atoms. The number of rotatable bonds is 10. The van der Waals surface area contributed by atoms with E-state index in [1.807, 2.05) is 0 Å². The van der Waals surface area contributed by atoms with Gasteiger partial charge in [-0.15, -0.1) is 0 Å². The zero-order valence-electron chi connectivity index (χ0n) is 20.0. The van der Waals surface area contributed by atoms with Crippen molar-refractivity contribution < 1.29 is 49.3 Å². The Kier molecular flexibility index (Phi) is 10.8. The van der Waals surface area contributed by atoms with Crippen LogP contribution in [-0.4, -0.2) is 131 Å². The number of aliphatic hydroxyl groups excluding tert-OH is 5. The van der Waals surface area contributed by atoms with Gasteiger partial charge in [-0.2, -0.15) is 0 Å². The summed E-state index contributed by atoms with van der Waals surface area (Å²) in [6.45, 7) is -0.224. The third kappa shape index (κ3) is 6.87. The molecule has 3 rings (SSSR count). The Morgan fingerprint density at radius 3 is 2.28 bits per heavy atom. The highest BCUT2D eigenvalue weighted by Crippen LogP contribution is 2.32. The second-order valence-corrected chi connectivity index (χ2v) is 9.66. The van der Waals surface area contributed by atoms with Crippen LogP contribution in [0.5, 0.6) is 0 Å². The standard InChI is InChI=1S/C21H41N5O10/c22-2-1-12(28)19(32)26-11-4-9(24)17(35-20-10(25)5-13(29)15(6-23)34-20)18(16(11)31)36-21-14(30)3-8(7-27)33-21/h8-18,20-21,27-31H,1-7,22-25H2,(H,26,32)/t8-,9-,10+,11+,12-,13+,14+,15+,16-,17+,18+,20+,21-/m0/s1. The van der Waals surface area contributed by atoms with Crippen LogP contribution in [0.4, 0.5) is 0 Å². The van der Waals surface area contributed by atoms with E-state index in [1.165, 1.54) is 0 Å². The number of hydrogen-bond donors (Lipinski definition) is 10. The second-order valence-electron chi connectivity index (χ2n) is 9.66. The number of aliphatic hydroxyl groups is 5. The minimum atomic E-state index is -1.40. The topological polar surface area (TPSA) is 271 Å². The maximum atomic E-state index is 12.4. The highest BCUT2D eigenvalue weighted by Gasteiger charge is 2.50. The number of carbonyl (C=O) groups is 1. The summed E-state index contributed by atoms with van der Waals surface area (Å²) in [5, 5.41) is 53.5. The van der Waals surface area contributed by atoms with E-state index in [0.29, 0.717) is 0 Å². The summed E-state index contributed by atoms with van der Waals surface area (Å²) in [5.41, 5.74) is 23.6. The number of nitrogens with two attached hydrogens (primary N) is 4. The normalized spacial score (nSPS) is 44.4. The number of hydrogen-bond acceptors (Lipinski definition) is 14. The molecule has 0 aromatic heterocycles. The zero-order chi connectivity index (χ0) is 26.6. The summed E-state index contributed by atoms with van der Waals surface area (Å²) >= 11 is 0. The fraction of sp³-hybridized carbons (Fsp3) is 0.952. The van der Waals surface area contributed by atoms with Crippen LogP contribution in [-0.2, 0) is 23.7 Å². The number of ether oxygens (including phenoxy) is 4. The highest BCUT2D eigenvalue weighted by molar-refractivity contribution is 5.80. The third-order valence-corrected chi connectivity index (χ3v) is 6.86. The lowest BCUT2D eigenvalue weighted by Gasteiger charge is -2.47. The predicted octanol–water partition coefficient (Wildman–Crippen LogP) is -5.73. The van der Waals surface area contributed by atoms with Gasteiger partial charge in [-0.1, -0.05) is 0 Å². The van der Waals surface area contributed by atoms with Crippen LogP contribution < -0.4 is 28.3 Å². The van der Waals surface area contributed by atoms with Crippen molar-refractivity contribution in [2.24, 2.45) is 22.9 Å². The summed E-state index contributed by atoms with van der Waals surface area (Å²) < 4.78 is 23.2. The van der Waals surface area contributed by atoms with Gasteiger partial charge in [0.05, 0.1) is 37.0 Å². The molecule has 13 atom stereocenters. The van der Waals surface area contributed by atoms with Crippen molar-refractivity contribution in [3.8, 4) is 0 Å². The molecule has 1 aliphatic carbocycles. The highest BCUT2D eigenvalue weighted by atomic mass is 16.7. The molecule has 15 nitrogen and oxygen atoms in total. The van der Waals surface area contributed by atoms with Crippen LogP contribution in [0.3, 0.4) is 0 Å². The van der Waals surface area contributed by atoms with Crippen LogP contribution >= 0.6 is 0 Å². The number of carbonyl (C=O) groups excluding carboxylic acids is 1. The molecule has 0 aromatic rings. The van der Waals surface area contributed by atoms with Crippen LogP contribution in [0.25, 0.3) is 0 Å². The average Bonchev–Trinajstić information content (AvgIpc) is 3.20. The Balaban J connectivity index is 1.79. The van der Waals surface area contributed by atoms with Crippen molar-refractivity contribution in [2.75, 3.05) is 19.7 Å². The van der Waals surface area contributed by atoms with Gasteiger partial charge in [-0.25, -0.2) is 0 Å². The molecule has 210 valence electrons. The van der Waals surface area contributed by atoms with E-state index >= 15 is 0 Å². The van der Waals surface area contributed by atoms with Gasteiger partial charge in [0, 0.05) is 19.0 Å². The van der Waals surface area contributed by atoms with Gasteiger partial charge in [0.2, 0.25) is 5.91 Å². The Morgan fingerprint density at radius 2 is 1.67 bits per heavy atom. The largest absolute Gasteiger partial charge is 0.394 e. The molecule has 1 amide bonds. The van der Waals surface area contributed by atoms with Gasteiger partial charge in [-0.3, -0.25) is 4.79 Å². The quantitative estimate of drug-likeness (QED) is 0.128. The van der Waals surface area contributed by atoms with E-state index < -0.39 is 85.4 Å². The summed E-state index contributed by atoms with van der Waals surface area (Å²) in [5.74, 6) is -0.732. The number of nitrogens with one attached hydrogen (secondary N) is 1. The Bertz CT molecular complexity index is 710. The first-order chi connectivity index (χ1) is 17.1. The summed E-state index contributed by atoms with van der Waals surface area (Å²) in [7, 11) is 0. The summed E-state index contributed by atoms with van der Waals surface area (Å²) in [6.07, 6.45) is -10.3. The van der Waals surface area contributed by atoms with Crippen LogP contribution in [0.15, 0.2) is 0 Å². The molecule has 0 unspecified atom stereocenters. The first-order valence-corrected chi connectivity index (χ1v) is 12.3. The molecule has 0 radical (unpaired) electrons. The molecule has 2 heterocycles. The van der Waals surface area contributed by atoms with E-state index in [-0.39, 0.29) is 45.4 Å². The summed E-state index contributed by atoms with van der Waals surface area (Å²) in [4.78, 5) is 12.4. The fourth-order valence-corrected chi connectivity index (χ4v) is 4.80. The minimum absolute atomic E-state index is 0.0247. The molecule has 0 spiro atoms. The van der Waals surface area contributed by atoms with Crippen molar-refractivity contribution in [1.82, 2.24) is 5.32 Å². The zero-order valence-corrected chi connectivity index (χ0v) is 20.0. The van der Waals surface area contributed by atoms with E-state index in [0.717, 1.165) is 0 Å². The first kappa shape index (κ1) is 29.5. The lowest BCUT2D eigenvalue weighted by Crippen LogP contribution is -2.67. The molecule has 3 fully saturated rings. The van der Waals surface area contributed by atoms with Crippen LogP contribution in [0.2, 0.25) is 0 Å². The van der Waals surface area contributed by atoms with E-state index in [9.17, 15) is 30.3 Å². The van der Waals surface area contributed by atoms with Crippen molar-refractivity contribution in [1.29, 1.82) is 0 Å². The lowest BCUT2D eigenvalue weighted by molar-refractivity contribution is -0.295. The van der Waals surface area contributed by atoms with Gasteiger partial charge in [0.25, 0.3) is 0 Å². The molecule has 2 aliphatic heterocycles. The minimum Gasteiger partial charge on any atom is -0.394 e.